The van der Waals surface area contributed by atoms with Gasteiger partial charge in [-0.1, -0.05) is 37.3 Å². The van der Waals surface area contributed by atoms with Crippen LogP contribution in [0.25, 0.3) is 0 Å². The van der Waals surface area contributed by atoms with Crippen LogP contribution in [0.3, 0.4) is 0 Å². The van der Waals surface area contributed by atoms with Gasteiger partial charge in [0.05, 0.1) is 0 Å². The van der Waals surface area contributed by atoms with Crippen LogP contribution < -0.4 is 11.1 Å². The summed E-state index contributed by atoms with van der Waals surface area (Å²) in [5, 5.41) is 3.03. The summed E-state index contributed by atoms with van der Waals surface area (Å²) in [6.45, 7) is 4.72. The molecule has 0 aromatic heterocycles. The lowest BCUT2D eigenvalue weighted by molar-refractivity contribution is 0.102. The summed E-state index contributed by atoms with van der Waals surface area (Å²) in [5.74, 6) is -0.0710. The third kappa shape index (κ3) is 3.70. The van der Waals surface area contributed by atoms with Crippen molar-refractivity contribution in [1.29, 1.82) is 0 Å². The second kappa shape index (κ2) is 7.04. The van der Waals surface area contributed by atoms with E-state index in [1.807, 2.05) is 49.4 Å². The average molecular weight is 282 g/mol. The van der Waals surface area contributed by atoms with Gasteiger partial charge in [-0.05, 0) is 55.1 Å². The maximum absolute atomic E-state index is 12.4. The van der Waals surface area contributed by atoms with Crippen LogP contribution in [-0.2, 0) is 12.8 Å². The fraction of sp³-hybridized carbons (Fsp3) is 0.278. The lowest BCUT2D eigenvalue weighted by atomic mass is 10.0. The standard InChI is InChI=1S/C18H22N2O/c1-3-15-6-4-5-13(2)17(15)20-18(21)16-9-7-14(8-10-16)11-12-19/h4-10H,3,11-12,19H2,1-2H3,(H,20,21). The largest absolute Gasteiger partial charge is 0.330 e. The zero-order valence-electron chi connectivity index (χ0n) is 12.6. The minimum atomic E-state index is -0.0710. The minimum absolute atomic E-state index is 0.0710. The predicted octanol–water partition coefficient (Wildman–Crippen LogP) is 3.31. The molecule has 0 atom stereocenters. The van der Waals surface area contributed by atoms with Crippen molar-refractivity contribution in [1.82, 2.24) is 0 Å². The van der Waals surface area contributed by atoms with Crippen LogP contribution in [0.15, 0.2) is 42.5 Å². The first kappa shape index (κ1) is 15.3. The van der Waals surface area contributed by atoms with Gasteiger partial charge < -0.3 is 11.1 Å². The van der Waals surface area contributed by atoms with Gasteiger partial charge in [-0.3, -0.25) is 4.79 Å². The van der Waals surface area contributed by atoms with E-state index in [1.165, 1.54) is 0 Å². The number of rotatable bonds is 5. The van der Waals surface area contributed by atoms with Crippen molar-refractivity contribution in [2.75, 3.05) is 11.9 Å². The van der Waals surface area contributed by atoms with Crippen molar-refractivity contribution in [2.24, 2.45) is 5.73 Å². The quantitative estimate of drug-likeness (QED) is 0.884. The van der Waals surface area contributed by atoms with Crippen molar-refractivity contribution in [3.05, 3.63) is 64.7 Å². The highest BCUT2D eigenvalue weighted by Crippen LogP contribution is 2.22. The third-order valence-corrected chi connectivity index (χ3v) is 3.63. The molecule has 3 N–H and O–H groups in total. The SMILES string of the molecule is CCc1cccc(C)c1NC(=O)c1ccc(CCN)cc1. The Bertz CT molecular complexity index is 618. The first-order valence-corrected chi connectivity index (χ1v) is 7.34. The van der Waals surface area contributed by atoms with Gasteiger partial charge in [-0.25, -0.2) is 0 Å². The molecular weight excluding hydrogens is 260 g/mol. The molecule has 0 fully saturated rings. The Morgan fingerprint density at radius 2 is 1.86 bits per heavy atom. The van der Waals surface area contributed by atoms with Crippen LogP contribution in [-0.4, -0.2) is 12.5 Å². The number of para-hydroxylation sites is 1. The third-order valence-electron chi connectivity index (χ3n) is 3.63. The molecule has 3 nitrogen and oxygen atoms in total. The van der Waals surface area contributed by atoms with Crippen LogP contribution in [0.2, 0.25) is 0 Å². The number of carbonyl (C=O) groups excluding carboxylic acids is 1. The second-order valence-corrected chi connectivity index (χ2v) is 5.15. The number of amides is 1. The summed E-state index contributed by atoms with van der Waals surface area (Å²) in [6.07, 6.45) is 1.73. The lowest BCUT2D eigenvalue weighted by Gasteiger charge is -2.13. The molecular formula is C18H22N2O. The Kier molecular flexibility index (Phi) is 5.12. The van der Waals surface area contributed by atoms with Crippen molar-refractivity contribution in [2.45, 2.75) is 26.7 Å². The van der Waals surface area contributed by atoms with E-state index in [0.29, 0.717) is 12.1 Å². The van der Waals surface area contributed by atoms with E-state index < -0.39 is 0 Å². The molecule has 0 aliphatic heterocycles. The monoisotopic (exact) mass is 282 g/mol. The molecule has 0 unspecified atom stereocenters. The fourth-order valence-corrected chi connectivity index (χ4v) is 2.38. The van der Waals surface area contributed by atoms with Crippen LogP contribution in [0.4, 0.5) is 5.69 Å². The van der Waals surface area contributed by atoms with Gasteiger partial charge in [0.15, 0.2) is 0 Å². The summed E-state index contributed by atoms with van der Waals surface area (Å²) >= 11 is 0. The molecule has 1 amide bonds. The highest BCUT2D eigenvalue weighted by Gasteiger charge is 2.10. The number of anilines is 1. The molecule has 2 rings (SSSR count). The van der Waals surface area contributed by atoms with E-state index in [9.17, 15) is 4.79 Å². The molecule has 2 aromatic rings. The van der Waals surface area contributed by atoms with Gasteiger partial charge in [0.2, 0.25) is 0 Å². The van der Waals surface area contributed by atoms with Crippen LogP contribution in [0.1, 0.15) is 34.0 Å². The highest BCUT2D eigenvalue weighted by molar-refractivity contribution is 6.05. The van der Waals surface area contributed by atoms with E-state index in [4.69, 9.17) is 5.73 Å². The Morgan fingerprint density at radius 1 is 1.14 bits per heavy atom. The van der Waals surface area contributed by atoms with Gasteiger partial charge >= 0.3 is 0 Å². The maximum Gasteiger partial charge on any atom is 0.255 e. The van der Waals surface area contributed by atoms with E-state index >= 15 is 0 Å². The second-order valence-electron chi connectivity index (χ2n) is 5.15. The summed E-state index contributed by atoms with van der Waals surface area (Å²) in [4.78, 5) is 12.4. The van der Waals surface area contributed by atoms with Crippen molar-refractivity contribution < 1.29 is 4.79 Å². The molecule has 0 saturated carbocycles. The number of hydrogen-bond donors (Lipinski definition) is 2. The fourth-order valence-electron chi connectivity index (χ4n) is 2.38. The van der Waals surface area contributed by atoms with E-state index in [1.54, 1.807) is 0 Å². The molecule has 0 saturated heterocycles. The van der Waals surface area contributed by atoms with Gasteiger partial charge in [0.25, 0.3) is 5.91 Å². The summed E-state index contributed by atoms with van der Waals surface area (Å²) in [6, 6.07) is 13.7. The molecule has 2 aromatic carbocycles. The van der Waals surface area contributed by atoms with Crippen molar-refractivity contribution >= 4 is 11.6 Å². The molecule has 21 heavy (non-hydrogen) atoms. The first-order chi connectivity index (χ1) is 10.2. The van der Waals surface area contributed by atoms with E-state index in [2.05, 4.69) is 12.2 Å². The molecule has 3 heteroatoms. The molecule has 0 aliphatic rings. The van der Waals surface area contributed by atoms with Gasteiger partial charge in [0, 0.05) is 11.3 Å². The van der Waals surface area contributed by atoms with Gasteiger partial charge in [0.1, 0.15) is 0 Å². The Balaban J connectivity index is 2.18. The van der Waals surface area contributed by atoms with E-state index in [0.717, 1.165) is 35.2 Å². The van der Waals surface area contributed by atoms with Gasteiger partial charge in [-0.2, -0.15) is 0 Å². The Labute approximate surface area is 126 Å². The summed E-state index contributed by atoms with van der Waals surface area (Å²) < 4.78 is 0. The average Bonchev–Trinajstić information content (AvgIpc) is 2.50. The molecule has 0 aliphatic carbocycles. The maximum atomic E-state index is 12.4. The van der Waals surface area contributed by atoms with Gasteiger partial charge in [-0.15, -0.1) is 0 Å². The number of hydrogen-bond acceptors (Lipinski definition) is 2. The normalized spacial score (nSPS) is 10.4. The number of nitrogens with two attached hydrogens (primary N) is 1. The van der Waals surface area contributed by atoms with Crippen LogP contribution in [0.5, 0.6) is 0 Å². The van der Waals surface area contributed by atoms with Crippen molar-refractivity contribution in [3.63, 3.8) is 0 Å². The first-order valence-electron chi connectivity index (χ1n) is 7.34. The van der Waals surface area contributed by atoms with Crippen LogP contribution >= 0.6 is 0 Å². The zero-order chi connectivity index (χ0) is 15.2. The molecule has 0 heterocycles. The number of aryl methyl sites for hydroxylation is 2. The molecule has 0 radical (unpaired) electrons. The van der Waals surface area contributed by atoms with Crippen LogP contribution in [0, 0.1) is 6.92 Å². The molecule has 0 bridgehead atoms. The predicted molar refractivity (Wildman–Crippen MR) is 87.7 cm³/mol. The molecule has 110 valence electrons. The Hall–Kier alpha value is -2.13. The number of nitrogens with one attached hydrogen (secondary N) is 1. The summed E-state index contributed by atoms with van der Waals surface area (Å²) in [7, 11) is 0. The minimum Gasteiger partial charge on any atom is -0.330 e. The smallest absolute Gasteiger partial charge is 0.255 e. The zero-order valence-corrected chi connectivity index (χ0v) is 12.6. The highest BCUT2D eigenvalue weighted by atomic mass is 16.1. The molecule has 0 spiro atoms. The van der Waals surface area contributed by atoms with Crippen molar-refractivity contribution in [3.8, 4) is 0 Å². The number of carbonyl (C=O) groups is 1. The van der Waals surface area contributed by atoms with E-state index in [-0.39, 0.29) is 5.91 Å². The topological polar surface area (TPSA) is 55.1 Å². The lowest BCUT2D eigenvalue weighted by Crippen LogP contribution is -2.14. The number of benzene rings is 2. The summed E-state index contributed by atoms with van der Waals surface area (Å²) in [5.41, 5.74) is 10.5. The Morgan fingerprint density at radius 3 is 2.48 bits per heavy atom.